The fraction of sp³-hybridized carbons (Fsp3) is 0.538. The molecule has 1 saturated heterocycles. The minimum absolute atomic E-state index is 0.125. The Hall–Kier alpha value is -1.42. The van der Waals surface area contributed by atoms with Crippen LogP contribution in [0.25, 0.3) is 0 Å². The van der Waals surface area contributed by atoms with Crippen molar-refractivity contribution >= 4 is 5.97 Å². The van der Waals surface area contributed by atoms with Gasteiger partial charge in [-0.15, -0.1) is 0 Å². The first-order valence-electron chi connectivity index (χ1n) is 5.93. The monoisotopic (exact) mass is 234 g/mol. The molecule has 17 heavy (non-hydrogen) atoms. The van der Waals surface area contributed by atoms with Gasteiger partial charge in [0.1, 0.15) is 5.69 Å². The number of rotatable bonds is 3. The second-order valence-corrected chi connectivity index (χ2v) is 5.16. The van der Waals surface area contributed by atoms with Crippen molar-refractivity contribution < 1.29 is 9.90 Å². The van der Waals surface area contributed by atoms with E-state index in [4.69, 9.17) is 5.11 Å². The smallest absolute Gasteiger partial charge is 0.354 e. The van der Waals surface area contributed by atoms with E-state index >= 15 is 0 Å². The van der Waals surface area contributed by atoms with Gasteiger partial charge < -0.3 is 5.11 Å². The Balaban J connectivity index is 2.13. The number of hydrogen-bond acceptors (Lipinski definition) is 3. The summed E-state index contributed by atoms with van der Waals surface area (Å²) in [6.45, 7) is 6.24. The van der Waals surface area contributed by atoms with Gasteiger partial charge in [0.15, 0.2) is 0 Å². The van der Waals surface area contributed by atoms with E-state index in [0.717, 1.165) is 18.8 Å². The molecule has 92 valence electrons. The maximum atomic E-state index is 10.8. The molecule has 0 aromatic carbocycles. The van der Waals surface area contributed by atoms with Gasteiger partial charge in [-0.25, -0.2) is 9.78 Å². The summed E-state index contributed by atoms with van der Waals surface area (Å²) in [4.78, 5) is 17.4. The van der Waals surface area contributed by atoms with Crippen LogP contribution < -0.4 is 0 Å². The van der Waals surface area contributed by atoms with Crippen LogP contribution in [0.2, 0.25) is 0 Å². The molecule has 0 saturated carbocycles. The molecule has 0 bridgehead atoms. The van der Waals surface area contributed by atoms with Gasteiger partial charge in [-0.05, 0) is 45.4 Å². The van der Waals surface area contributed by atoms with Crippen LogP contribution >= 0.6 is 0 Å². The maximum absolute atomic E-state index is 10.8. The third-order valence-electron chi connectivity index (χ3n) is 3.45. The second-order valence-electron chi connectivity index (χ2n) is 5.16. The quantitative estimate of drug-likeness (QED) is 0.870. The summed E-state index contributed by atoms with van der Waals surface area (Å²) in [5.74, 6) is -0.965. The second kappa shape index (κ2) is 4.45. The average molecular weight is 234 g/mol. The molecule has 4 heteroatoms. The largest absolute Gasteiger partial charge is 0.477 e. The van der Waals surface area contributed by atoms with Gasteiger partial charge in [0.2, 0.25) is 0 Å². The molecular weight excluding hydrogens is 216 g/mol. The van der Waals surface area contributed by atoms with Crippen LogP contribution in [0.5, 0.6) is 0 Å². The zero-order chi connectivity index (χ0) is 12.5. The predicted octanol–water partition coefficient (Wildman–Crippen LogP) is 2.15. The van der Waals surface area contributed by atoms with Crippen molar-refractivity contribution in [3.05, 3.63) is 29.6 Å². The molecule has 1 aromatic rings. The van der Waals surface area contributed by atoms with Crippen molar-refractivity contribution in [2.45, 2.75) is 38.8 Å². The first kappa shape index (κ1) is 12.0. The van der Waals surface area contributed by atoms with E-state index in [2.05, 4.69) is 23.7 Å². The minimum atomic E-state index is -0.965. The average Bonchev–Trinajstić information content (AvgIpc) is 2.59. The Bertz CT molecular complexity index is 429. The van der Waals surface area contributed by atoms with E-state index in [-0.39, 0.29) is 11.2 Å². The van der Waals surface area contributed by atoms with Crippen LogP contribution in [0.4, 0.5) is 0 Å². The van der Waals surface area contributed by atoms with Crippen molar-refractivity contribution in [2.75, 3.05) is 6.54 Å². The molecule has 1 N–H and O–H groups in total. The van der Waals surface area contributed by atoms with E-state index in [1.165, 1.54) is 18.9 Å². The van der Waals surface area contributed by atoms with Crippen LogP contribution in [0.15, 0.2) is 18.2 Å². The lowest BCUT2D eigenvalue weighted by molar-refractivity contribution is 0.0689. The molecule has 0 aliphatic carbocycles. The Morgan fingerprint density at radius 2 is 2.29 bits per heavy atom. The minimum Gasteiger partial charge on any atom is -0.477 e. The Morgan fingerprint density at radius 1 is 1.53 bits per heavy atom. The lowest BCUT2D eigenvalue weighted by Crippen LogP contribution is -2.37. The van der Waals surface area contributed by atoms with Crippen molar-refractivity contribution in [1.82, 2.24) is 9.88 Å². The van der Waals surface area contributed by atoms with Crippen molar-refractivity contribution in [3.63, 3.8) is 0 Å². The first-order chi connectivity index (χ1) is 7.99. The molecule has 0 radical (unpaired) electrons. The van der Waals surface area contributed by atoms with Crippen LogP contribution in [0.3, 0.4) is 0 Å². The lowest BCUT2D eigenvalue weighted by Gasteiger charge is -2.31. The molecular formula is C13H18N2O2. The van der Waals surface area contributed by atoms with Crippen molar-refractivity contribution in [3.8, 4) is 0 Å². The van der Waals surface area contributed by atoms with E-state index in [1.807, 2.05) is 6.07 Å². The molecule has 1 aromatic heterocycles. The van der Waals surface area contributed by atoms with E-state index in [1.54, 1.807) is 6.07 Å². The number of carboxylic acids is 1. The highest BCUT2D eigenvalue weighted by molar-refractivity contribution is 5.85. The third kappa shape index (κ3) is 2.64. The van der Waals surface area contributed by atoms with Crippen molar-refractivity contribution in [1.29, 1.82) is 0 Å². The van der Waals surface area contributed by atoms with Gasteiger partial charge in [0.25, 0.3) is 0 Å². The normalized spacial score (nSPS) is 19.4. The molecule has 1 aliphatic heterocycles. The fourth-order valence-electron chi connectivity index (χ4n) is 2.34. The van der Waals surface area contributed by atoms with E-state index < -0.39 is 5.97 Å². The molecule has 0 amide bonds. The van der Waals surface area contributed by atoms with Crippen LogP contribution in [-0.4, -0.2) is 33.0 Å². The molecule has 0 unspecified atom stereocenters. The number of carbonyl (C=O) groups is 1. The number of hydrogen-bond donors (Lipinski definition) is 1. The molecule has 0 spiro atoms. The van der Waals surface area contributed by atoms with E-state index in [0.29, 0.717) is 0 Å². The van der Waals surface area contributed by atoms with Crippen LogP contribution in [0, 0.1) is 0 Å². The highest BCUT2D eigenvalue weighted by Gasteiger charge is 2.31. The molecule has 0 atom stereocenters. The topological polar surface area (TPSA) is 53.4 Å². The fourth-order valence-corrected chi connectivity index (χ4v) is 2.34. The summed E-state index contributed by atoms with van der Waals surface area (Å²) in [6.07, 6.45) is 2.39. The summed E-state index contributed by atoms with van der Waals surface area (Å²) < 4.78 is 0. The summed E-state index contributed by atoms with van der Waals surface area (Å²) in [5, 5.41) is 8.90. The summed E-state index contributed by atoms with van der Waals surface area (Å²) in [5.41, 5.74) is 1.15. The van der Waals surface area contributed by atoms with Crippen LogP contribution in [-0.2, 0) is 6.54 Å². The van der Waals surface area contributed by atoms with Gasteiger partial charge in [-0.2, -0.15) is 0 Å². The van der Waals surface area contributed by atoms with E-state index in [9.17, 15) is 4.79 Å². The Labute approximate surface area is 101 Å². The summed E-state index contributed by atoms with van der Waals surface area (Å²) in [6, 6.07) is 5.18. The zero-order valence-corrected chi connectivity index (χ0v) is 10.3. The number of carboxylic acid groups (broad SMARTS) is 1. The molecule has 1 fully saturated rings. The van der Waals surface area contributed by atoms with Gasteiger partial charge in [-0.3, -0.25) is 4.90 Å². The molecule has 1 aliphatic rings. The van der Waals surface area contributed by atoms with Gasteiger partial charge >= 0.3 is 5.97 Å². The lowest BCUT2D eigenvalue weighted by atomic mass is 10.0. The highest BCUT2D eigenvalue weighted by atomic mass is 16.4. The summed E-state index contributed by atoms with van der Waals surface area (Å²) in [7, 11) is 0. The standard InChI is InChI=1S/C13H18N2O2/c1-13(2)7-4-8-15(13)9-10-5-3-6-11(14-10)12(16)17/h3,5-6H,4,7-9H2,1-2H3,(H,16,17). The number of aromatic nitrogens is 1. The SMILES string of the molecule is CC1(C)CCCN1Cc1cccc(C(=O)O)n1. The van der Waals surface area contributed by atoms with Crippen molar-refractivity contribution in [2.24, 2.45) is 0 Å². The molecule has 4 nitrogen and oxygen atoms in total. The van der Waals surface area contributed by atoms with Crippen LogP contribution in [0.1, 0.15) is 42.9 Å². The number of pyridine rings is 1. The number of likely N-dealkylation sites (tertiary alicyclic amines) is 1. The third-order valence-corrected chi connectivity index (χ3v) is 3.45. The highest BCUT2D eigenvalue weighted by Crippen LogP contribution is 2.29. The van der Waals surface area contributed by atoms with Gasteiger partial charge in [-0.1, -0.05) is 6.07 Å². The zero-order valence-electron chi connectivity index (χ0n) is 10.3. The van der Waals surface area contributed by atoms with Gasteiger partial charge in [0, 0.05) is 12.1 Å². The molecule has 2 rings (SSSR count). The summed E-state index contributed by atoms with van der Waals surface area (Å²) >= 11 is 0. The number of nitrogens with zero attached hydrogens (tertiary/aromatic N) is 2. The van der Waals surface area contributed by atoms with Gasteiger partial charge in [0.05, 0.1) is 5.69 Å². The molecule has 2 heterocycles. The maximum Gasteiger partial charge on any atom is 0.354 e. The first-order valence-corrected chi connectivity index (χ1v) is 5.93. The Morgan fingerprint density at radius 3 is 2.88 bits per heavy atom. The Kier molecular flexibility index (Phi) is 3.15. The predicted molar refractivity (Wildman–Crippen MR) is 64.9 cm³/mol. The number of aromatic carboxylic acids is 1.